The second-order valence-electron chi connectivity index (χ2n) is 29.7. The van der Waals surface area contributed by atoms with E-state index in [2.05, 4.69) is 52.3 Å². The molecule has 0 bridgehead atoms. The van der Waals surface area contributed by atoms with E-state index in [1.165, 1.54) is 23.0 Å². The third kappa shape index (κ3) is 25.7. The molecule has 8 amide bonds. The molecular weight excluding hydrogens is 1310 g/mol. The molecule has 3 saturated heterocycles. The zero-order valence-electron chi connectivity index (χ0n) is 60.7. The number of amides is 8. The number of nitrogens with one attached hydrogen (secondary N) is 6. The molecule has 29 heteroatoms. The van der Waals surface area contributed by atoms with E-state index >= 15 is 0 Å². The van der Waals surface area contributed by atoms with Gasteiger partial charge in [0.2, 0.25) is 23.5 Å². The van der Waals surface area contributed by atoms with Crippen LogP contribution in [0.25, 0.3) is 0 Å². The first-order valence-electron chi connectivity index (χ1n) is 34.1. The minimum absolute atomic E-state index is 0.00286. The highest BCUT2D eigenvalue weighted by molar-refractivity contribution is 6.38. The van der Waals surface area contributed by atoms with Gasteiger partial charge in [0.1, 0.15) is 60.2 Å². The SMILES string of the molecule is C=CCNC(=O)C(=O)[C@@H]1CCCCNC(=O)OCCC[C@H](NC(=O)OC(C)(C)C)C(=O)N2C[C@H]3[C@@H]([C@H]2C(=O)N1)C3(C)C.CC(C)(C)OC(=O)N[C@@H](CCC(=O)OCc1ccccc1)C(=O)O.COC(=O)[C@@H]1[C@@H]2C(CN1C(=O)[C@H](CCC(=O)OCc1ccccc1)NC(=O)OC(C)(C)C)C2(C)C. The van der Waals surface area contributed by atoms with Crippen LogP contribution in [0.2, 0.25) is 0 Å². The Morgan fingerprint density at radius 3 is 1.70 bits per heavy atom. The number of esters is 3. The van der Waals surface area contributed by atoms with Gasteiger partial charge in [-0.2, -0.15) is 0 Å². The van der Waals surface area contributed by atoms with Crippen LogP contribution in [-0.4, -0.2) is 186 Å². The van der Waals surface area contributed by atoms with E-state index in [9.17, 15) is 62.3 Å². The van der Waals surface area contributed by atoms with Crippen LogP contribution in [0.3, 0.4) is 0 Å². The fraction of sp³-hybridized carbons (Fsp3) is 0.625. The van der Waals surface area contributed by atoms with Crippen LogP contribution in [-0.2, 0) is 89.5 Å². The second kappa shape index (κ2) is 36.3. The van der Waals surface area contributed by atoms with E-state index in [1.807, 2.05) is 74.5 Å². The number of carboxylic acid groups (broad SMARTS) is 1. The van der Waals surface area contributed by atoms with E-state index in [0.29, 0.717) is 25.9 Å². The van der Waals surface area contributed by atoms with Gasteiger partial charge in [0.15, 0.2) is 0 Å². The number of carbonyl (C=O) groups excluding carboxylic acids is 12. The summed E-state index contributed by atoms with van der Waals surface area (Å²) in [5.74, 6) is -5.74. The second-order valence-corrected chi connectivity index (χ2v) is 29.7. The number of piperidine rings is 2. The van der Waals surface area contributed by atoms with Crippen molar-refractivity contribution in [2.24, 2.45) is 34.5 Å². The van der Waals surface area contributed by atoms with Crippen molar-refractivity contribution in [2.75, 3.05) is 39.9 Å². The molecule has 558 valence electrons. The van der Waals surface area contributed by atoms with Gasteiger partial charge in [-0.05, 0) is 147 Å². The fourth-order valence-corrected chi connectivity index (χ4v) is 12.5. The number of methoxy groups -OCH3 is 1. The van der Waals surface area contributed by atoms with Crippen LogP contribution < -0.4 is 31.9 Å². The van der Waals surface area contributed by atoms with Gasteiger partial charge in [-0.15, -0.1) is 6.58 Å². The summed E-state index contributed by atoms with van der Waals surface area (Å²) in [6, 6.07) is 12.3. The number of alkyl carbamates (subject to hydrolysis) is 4. The average Bonchev–Trinajstić information content (AvgIpc) is 1.53. The van der Waals surface area contributed by atoms with Crippen molar-refractivity contribution < 1.29 is 101 Å². The molecule has 5 aliphatic rings. The van der Waals surface area contributed by atoms with E-state index in [1.54, 1.807) is 62.3 Å². The smallest absolute Gasteiger partial charge is 0.408 e. The van der Waals surface area contributed by atoms with E-state index < -0.39 is 131 Å². The Bertz CT molecular complexity index is 3270. The maximum atomic E-state index is 13.9. The van der Waals surface area contributed by atoms with E-state index in [4.69, 9.17) is 38.3 Å². The van der Waals surface area contributed by atoms with Crippen LogP contribution in [0.5, 0.6) is 0 Å². The number of carbonyl (C=O) groups is 13. The summed E-state index contributed by atoms with van der Waals surface area (Å²) in [5, 5.41) is 24.4. The molecule has 2 saturated carbocycles. The Morgan fingerprint density at radius 1 is 0.683 bits per heavy atom. The first kappa shape index (κ1) is 82.4. The third-order valence-electron chi connectivity index (χ3n) is 17.7. The van der Waals surface area contributed by atoms with Crippen LogP contribution in [0, 0.1) is 34.5 Å². The van der Waals surface area contributed by atoms with Gasteiger partial charge in [-0.25, -0.2) is 28.8 Å². The molecule has 29 nitrogen and oxygen atoms in total. The standard InChI is InChI=1S/C29H45N5O8.C26H36N2O7.C17H23NO6/c1-7-13-30-24(37)22(35)18-11-8-9-14-31-26(39)41-15-10-12-19(33-27(40)42-28(2,3)4)25(38)34-16-17-20(29(17,5)6)21(34)23(36)32-18;1-25(2,3)35-24(32)27-18(12-13-19(29)34-15-16-10-8-7-9-11-16)22(30)28-14-17-20(26(17,4)5)21(28)23(31)33-6;1-17(2,3)24-16(22)18-13(15(20)21)9-10-14(19)23-11-12-7-5-4-6-8-12/h7,17-21H,1,8-16H2,2-6H3,(H,30,37)(H,31,39)(H,32,36)(H,33,40);7-11,17-18,20-21H,12-15H2,1-6H3,(H,27,32);4-8,13H,9-11H2,1-3H3,(H,18,22)(H,20,21)/t17-,18-,19-,20-,21-;17?,18-,20-,21-;13-/m000/s1. The largest absolute Gasteiger partial charge is 0.480 e. The molecule has 101 heavy (non-hydrogen) atoms. The van der Waals surface area contributed by atoms with Gasteiger partial charge in [0.25, 0.3) is 5.91 Å². The van der Waals surface area contributed by atoms with Crippen molar-refractivity contribution in [3.05, 3.63) is 84.4 Å². The number of Topliss-reactive ketones (excluding diaryl/α,β-unsaturated/α-hetero) is 1. The number of nitrogens with zero attached hydrogens (tertiary/aromatic N) is 2. The van der Waals surface area contributed by atoms with Gasteiger partial charge < -0.3 is 80.0 Å². The highest BCUT2D eigenvalue weighted by Crippen LogP contribution is 2.66. The molecular formula is C72H104N8O21. The summed E-state index contributed by atoms with van der Waals surface area (Å²) in [4.78, 5) is 166. The highest BCUT2D eigenvalue weighted by atomic mass is 16.6. The van der Waals surface area contributed by atoms with E-state index in [0.717, 1.165) is 11.1 Å². The summed E-state index contributed by atoms with van der Waals surface area (Å²) in [6.07, 6.45) is -0.390. The van der Waals surface area contributed by atoms with Gasteiger partial charge in [0, 0.05) is 44.9 Å². The van der Waals surface area contributed by atoms with Gasteiger partial charge in [-0.1, -0.05) is 94.4 Å². The van der Waals surface area contributed by atoms with Crippen molar-refractivity contribution in [1.82, 2.24) is 41.7 Å². The topological polar surface area (TPSA) is 385 Å². The number of rotatable bonds is 20. The molecule has 0 spiro atoms. The number of ketones is 1. The number of aliphatic carboxylic acids is 1. The predicted octanol–water partition coefficient (Wildman–Crippen LogP) is 6.96. The number of carboxylic acids is 1. The lowest BCUT2D eigenvalue weighted by molar-refractivity contribution is -0.154. The molecule has 7 rings (SSSR count). The van der Waals surface area contributed by atoms with Crippen LogP contribution in [0.1, 0.15) is 159 Å². The number of benzene rings is 2. The maximum Gasteiger partial charge on any atom is 0.408 e. The zero-order chi connectivity index (χ0) is 75.4. The number of cyclic esters (lactones) is 1. The molecule has 3 heterocycles. The summed E-state index contributed by atoms with van der Waals surface area (Å²) in [7, 11) is 1.30. The maximum absolute atomic E-state index is 13.9. The Balaban J connectivity index is 0.000000283. The summed E-state index contributed by atoms with van der Waals surface area (Å²) in [6.45, 7) is 28.3. The van der Waals surface area contributed by atoms with Crippen LogP contribution in [0.15, 0.2) is 73.3 Å². The van der Waals surface area contributed by atoms with Crippen molar-refractivity contribution >= 4 is 77.7 Å². The van der Waals surface area contributed by atoms with Crippen molar-refractivity contribution in [3.8, 4) is 0 Å². The molecule has 7 N–H and O–H groups in total. The summed E-state index contributed by atoms with van der Waals surface area (Å²) < 4.78 is 36.3. The lowest BCUT2D eigenvalue weighted by Crippen LogP contribution is -2.58. The minimum atomic E-state index is -1.24. The molecule has 0 aromatic heterocycles. The van der Waals surface area contributed by atoms with Crippen molar-refractivity contribution in [1.29, 1.82) is 0 Å². The lowest BCUT2D eigenvalue weighted by atomic mass is 9.98. The highest BCUT2D eigenvalue weighted by Gasteiger charge is 2.71. The number of likely N-dealkylation sites (tertiary alicyclic amines) is 1. The van der Waals surface area contributed by atoms with Crippen LogP contribution >= 0.6 is 0 Å². The zero-order valence-corrected chi connectivity index (χ0v) is 60.7. The monoisotopic (exact) mass is 1420 g/mol. The quantitative estimate of drug-likeness (QED) is 0.0305. The van der Waals surface area contributed by atoms with Crippen LogP contribution in [0.4, 0.5) is 19.2 Å². The number of hydrogen-bond acceptors (Lipinski definition) is 20. The number of fused-ring (bicyclic) bond motifs is 4. The normalized spacial score (nSPS) is 22.7. The molecule has 2 aromatic rings. The Morgan fingerprint density at radius 2 is 1.19 bits per heavy atom. The van der Waals surface area contributed by atoms with Gasteiger partial charge in [0.05, 0.1) is 19.8 Å². The summed E-state index contributed by atoms with van der Waals surface area (Å²) >= 11 is 0. The lowest BCUT2D eigenvalue weighted by Gasteiger charge is -2.34. The molecule has 5 fully saturated rings. The first-order valence-corrected chi connectivity index (χ1v) is 34.1. The molecule has 2 aromatic carbocycles. The first-order chi connectivity index (χ1) is 47.2. The Labute approximate surface area is 590 Å². The molecule has 10 atom stereocenters. The Hall–Kier alpha value is -9.31. The molecule has 0 radical (unpaired) electrons. The molecule has 2 aliphatic carbocycles. The minimum Gasteiger partial charge on any atom is -0.480 e. The van der Waals surface area contributed by atoms with Gasteiger partial charge >= 0.3 is 48.3 Å². The summed E-state index contributed by atoms with van der Waals surface area (Å²) in [5.41, 5.74) is -0.876. The molecule has 3 aliphatic heterocycles. The predicted molar refractivity (Wildman–Crippen MR) is 365 cm³/mol. The number of ether oxygens (including phenoxy) is 7. The van der Waals surface area contributed by atoms with Gasteiger partial charge in [-0.3, -0.25) is 33.6 Å². The third-order valence-corrected chi connectivity index (χ3v) is 17.7. The fourth-order valence-electron chi connectivity index (χ4n) is 12.5. The molecule has 1 unspecified atom stereocenters. The van der Waals surface area contributed by atoms with E-state index in [-0.39, 0.29) is 112 Å². The van der Waals surface area contributed by atoms with Crippen molar-refractivity contribution in [2.45, 2.75) is 214 Å². The number of hydrogen-bond donors (Lipinski definition) is 7. The average molecular weight is 1420 g/mol. The Kier molecular flexibility index (Phi) is 29.6. The van der Waals surface area contributed by atoms with Crippen molar-refractivity contribution in [3.63, 3.8) is 0 Å².